The number of likely N-dealkylation sites (N-methyl/N-ethyl adjacent to an activating group) is 1. The number of fused-ring (bicyclic) bond motifs is 1. The highest BCUT2D eigenvalue weighted by molar-refractivity contribution is 7.71. The largest absolute Gasteiger partial charge is 0.492 e. The number of nitrogens with one attached hydrogen (secondary N) is 1. The van der Waals surface area contributed by atoms with E-state index in [2.05, 4.69) is 4.98 Å². The Hall–Kier alpha value is -2.93. The van der Waals surface area contributed by atoms with Gasteiger partial charge < -0.3 is 14.6 Å². The average Bonchev–Trinajstić information content (AvgIpc) is 2.66. The highest BCUT2D eigenvalue weighted by Crippen LogP contribution is 2.13. The van der Waals surface area contributed by atoms with Crippen molar-refractivity contribution in [2.45, 2.75) is 6.92 Å². The van der Waals surface area contributed by atoms with E-state index < -0.39 is 0 Å². The fourth-order valence-corrected chi connectivity index (χ4v) is 2.89. The summed E-state index contributed by atoms with van der Waals surface area (Å²) in [5.41, 5.74) is 2.02. The topological polar surface area (TPSA) is 67.3 Å². The van der Waals surface area contributed by atoms with Crippen molar-refractivity contribution in [3.8, 4) is 5.75 Å². The van der Waals surface area contributed by atoms with Crippen molar-refractivity contribution < 1.29 is 9.53 Å². The van der Waals surface area contributed by atoms with Gasteiger partial charge in [-0.05, 0) is 49.5 Å². The van der Waals surface area contributed by atoms with Crippen LogP contribution in [-0.4, -0.2) is 40.6 Å². The Morgan fingerprint density at radius 1 is 1.22 bits per heavy atom. The van der Waals surface area contributed by atoms with Crippen LogP contribution < -0.4 is 10.3 Å². The van der Waals surface area contributed by atoms with Crippen molar-refractivity contribution in [1.29, 1.82) is 0 Å². The Morgan fingerprint density at radius 3 is 2.63 bits per heavy atom. The fraction of sp³-hybridized carbons (Fsp3) is 0.250. The number of H-pyrrole nitrogens is 1. The highest BCUT2D eigenvalue weighted by Gasteiger charge is 2.13. The van der Waals surface area contributed by atoms with Crippen LogP contribution in [0.1, 0.15) is 15.9 Å². The van der Waals surface area contributed by atoms with Gasteiger partial charge in [0, 0.05) is 19.7 Å². The summed E-state index contributed by atoms with van der Waals surface area (Å²) in [6, 6.07) is 12.7. The van der Waals surface area contributed by atoms with Crippen molar-refractivity contribution in [3.63, 3.8) is 0 Å². The molecule has 1 amide bonds. The molecular weight excluding hydrogens is 362 g/mol. The average molecular weight is 383 g/mol. The predicted molar refractivity (Wildman–Crippen MR) is 108 cm³/mol. The first-order valence-corrected chi connectivity index (χ1v) is 8.95. The van der Waals surface area contributed by atoms with Crippen LogP contribution in [-0.2, 0) is 7.05 Å². The van der Waals surface area contributed by atoms with Crippen molar-refractivity contribution in [3.05, 3.63) is 68.7 Å². The third-order valence-electron chi connectivity index (χ3n) is 4.41. The van der Waals surface area contributed by atoms with E-state index in [-0.39, 0.29) is 11.5 Å². The van der Waals surface area contributed by atoms with Crippen LogP contribution in [0.2, 0.25) is 0 Å². The maximum atomic E-state index is 12.7. The van der Waals surface area contributed by atoms with Crippen molar-refractivity contribution in [2.75, 3.05) is 20.2 Å². The van der Waals surface area contributed by atoms with Gasteiger partial charge in [0.25, 0.3) is 11.5 Å². The molecule has 3 aromatic rings. The second kappa shape index (κ2) is 7.75. The molecule has 0 bridgehead atoms. The number of ether oxygens (including phenoxy) is 1. The standard InChI is InChI=1S/C20H21N3O3S/c1-13-4-7-15(8-5-13)26-11-10-22(2)18(24)14-6-9-16-17(12-14)21-20(27)23(3)19(16)25/h4-9,12H,10-11H2,1-3H3,(H,21,27). The maximum Gasteiger partial charge on any atom is 0.261 e. The van der Waals surface area contributed by atoms with Crippen LogP contribution in [0.5, 0.6) is 5.75 Å². The van der Waals surface area contributed by atoms with E-state index in [9.17, 15) is 9.59 Å². The number of hydrogen-bond acceptors (Lipinski definition) is 4. The smallest absolute Gasteiger partial charge is 0.261 e. The van der Waals surface area contributed by atoms with E-state index in [4.69, 9.17) is 17.0 Å². The summed E-state index contributed by atoms with van der Waals surface area (Å²) in [5.74, 6) is 0.625. The highest BCUT2D eigenvalue weighted by atomic mass is 32.1. The Kier molecular flexibility index (Phi) is 5.41. The van der Waals surface area contributed by atoms with Gasteiger partial charge in [-0.1, -0.05) is 17.7 Å². The Balaban J connectivity index is 1.71. The van der Waals surface area contributed by atoms with Crippen molar-refractivity contribution in [1.82, 2.24) is 14.5 Å². The fourth-order valence-electron chi connectivity index (χ4n) is 2.70. The first-order chi connectivity index (χ1) is 12.9. The van der Waals surface area contributed by atoms with E-state index in [0.717, 1.165) is 5.75 Å². The van der Waals surface area contributed by atoms with Gasteiger partial charge in [0.2, 0.25) is 0 Å². The van der Waals surface area contributed by atoms with Crippen LogP contribution in [0.15, 0.2) is 47.3 Å². The minimum Gasteiger partial charge on any atom is -0.492 e. The molecule has 27 heavy (non-hydrogen) atoms. The number of hydrogen-bond donors (Lipinski definition) is 1. The molecule has 0 aliphatic heterocycles. The number of benzene rings is 2. The normalized spacial score (nSPS) is 10.8. The second-order valence-electron chi connectivity index (χ2n) is 6.44. The van der Waals surface area contributed by atoms with E-state index in [1.54, 1.807) is 37.2 Å². The molecule has 0 aliphatic carbocycles. The lowest BCUT2D eigenvalue weighted by atomic mass is 10.1. The van der Waals surface area contributed by atoms with Gasteiger partial charge in [-0.3, -0.25) is 14.2 Å². The third kappa shape index (κ3) is 4.09. The molecule has 1 N–H and O–H groups in total. The Morgan fingerprint density at radius 2 is 1.93 bits per heavy atom. The zero-order valence-electron chi connectivity index (χ0n) is 15.5. The lowest BCUT2D eigenvalue weighted by Gasteiger charge is -2.18. The number of carbonyl (C=O) groups is 1. The van der Waals surface area contributed by atoms with Gasteiger partial charge in [-0.15, -0.1) is 0 Å². The quantitative estimate of drug-likeness (QED) is 0.688. The molecule has 1 aromatic heterocycles. The second-order valence-corrected chi connectivity index (χ2v) is 6.83. The number of carbonyl (C=O) groups excluding carboxylic acids is 1. The van der Waals surface area contributed by atoms with E-state index >= 15 is 0 Å². The molecule has 2 aromatic carbocycles. The minimum absolute atomic E-state index is 0.149. The summed E-state index contributed by atoms with van der Waals surface area (Å²) in [5, 5.41) is 0.494. The summed E-state index contributed by atoms with van der Waals surface area (Å²) >= 11 is 5.14. The van der Waals surface area contributed by atoms with E-state index in [1.807, 2.05) is 31.2 Å². The number of nitrogens with zero attached hydrogens (tertiary/aromatic N) is 2. The summed E-state index contributed by atoms with van der Waals surface area (Å²) < 4.78 is 7.36. The number of amides is 1. The first-order valence-electron chi connectivity index (χ1n) is 8.55. The van der Waals surface area contributed by atoms with Gasteiger partial charge in [-0.2, -0.15) is 0 Å². The van der Waals surface area contributed by atoms with E-state index in [1.165, 1.54) is 10.1 Å². The number of aryl methyl sites for hydroxylation is 1. The molecule has 0 fully saturated rings. The van der Waals surface area contributed by atoms with Crippen molar-refractivity contribution in [2.24, 2.45) is 7.05 Å². The van der Waals surface area contributed by atoms with Gasteiger partial charge in [0.1, 0.15) is 12.4 Å². The minimum atomic E-state index is -0.187. The van der Waals surface area contributed by atoms with Gasteiger partial charge in [0.15, 0.2) is 4.77 Å². The number of aromatic nitrogens is 2. The van der Waals surface area contributed by atoms with Crippen LogP contribution in [0.4, 0.5) is 0 Å². The first kappa shape index (κ1) is 18.8. The molecule has 0 saturated carbocycles. The predicted octanol–water partition coefficient (Wildman–Crippen LogP) is 3.06. The monoisotopic (exact) mass is 383 g/mol. The lowest BCUT2D eigenvalue weighted by Crippen LogP contribution is -2.31. The van der Waals surface area contributed by atoms with Gasteiger partial charge in [-0.25, -0.2) is 0 Å². The van der Waals surface area contributed by atoms with Crippen LogP contribution in [0, 0.1) is 11.7 Å². The molecular formula is C20H21N3O3S. The molecule has 1 heterocycles. The molecule has 0 atom stereocenters. The molecule has 0 unspecified atom stereocenters. The molecule has 0 spiro atoms. The lowest BCUT2D eigenvalue weighted by molar-refractivity contribution is 0.0774. The third-order valence-corrected chi connectivity index (χ3v) is 4.79. The van der Waals surface area contributed by atoms with Gasteiger partial charge in [0.05, 0.1) is 17.4 Å². The molecule has 0 aliphatic rings. The van der Waals surface area contributed by atoms with Crippen LogP contribution >= 0.6 is 12.2 Å². The Labute approximate surface area is 162 Å². The molecule has 140 valence electrons. The summed E-state index contributed by atoms with van der Waals surface area (Å²) in [6.45, 7) is 2.85. The number of aromatic amines is 1. The summed E-state index contributed by atoms with van der Waals surface area (Å²) in [7, 11) is 3.33. The van der Waals surface area contributed by atoms with Crippen LogP contribution in [0.25, 0.3) is 10.9 Å². The summed E-state index contributed by atoms with van der Waals surface area (Å²) in [4.78, 5) is 29.5. The zero-order chi connectivity index (χ0) is 19.6. The van der Waals surface area contributed by atoms with Crippen molar-refractivity contribution >= 4 is 29.0 Å². The summed E-state index contributed by atoms with van der Waals surface area (Å²) in [6.07, 6.45) is 0. The molecule has 3 rings (SSSR count). The zero-order valence-corrected chi connectivity index (χ0v) is 16.3. The SMILES string of the molecule is Cc1ccc(OCCN(C)C(=O)c2ccc3c(=O)n(C)c(=S)[nH]c3c2)cc1. The molecule has 0 radical (unpaired) electrons. The molecule has 0 saturated heterocycles. The maximum absolute atomic E-state index is 12.7. The van der Waals surface area contributed by atoms with E-state index in [0.29, 0.717) is 34.4 Å². The molecule has 6 nitrogen and oxygen atoms in total. The molecule has 7 heteroatoms. The Bertz CT molecular complexity index is 1100. The van der Waals surface area contributed by atoms with Gasteiger partial charge >= 0.3 is 0 Å². The number of rotatable bonds is 5. The van der Waals surface area contributed by atoms with Crippen LogP contribution in [0.3, 0.4) is 0 Å².